The van der Waals surface area contributed by atoms with E-state index in [2.05, 4.69) is 25.3 Å². The number of H-pyrrole nitrogens is 1. The van der Waals surface area contributed by atoms with Gasteiger partial charge >= 0.3 is 0 Å². The molecule has 1 aliphatic heterocycles. The van der Waals surface area contributed by atoms with Crippen LogP contribution < -0.4 is 11.1 Å². The number of hydrogen-bond acceptors (Lipinski definition) is 9. The normalized spacial score (nSPS) is 29.9. The summed E-state index contributed by atoms with van der Waals surface area (Å²) in [6.45, 7) is -0.405. The highest BCUT2D eigenvalue weighted by Crippen LogP contribution is 2.23. The van der Waals surface area contributed by atoms with Crippen LogP contribution in [0.15, 0.2) is 6.33 Å². The van der Waals surface area contributed by atoms with Gasteiger partial charge in [0.1, 0.15) is 23.8 Å². The van der Waals surface area contributed by atoms with Crippen molar-refractivity contribution in [1.82, 2.24) is 19.9 Å². The van der Waals surface area contributed by atoms with Gasteiger partial charge in [0.25, 0.3) is 0 Å². The summed E-state index contributed by atoms with van der Waals surface area (Å²) in [6, 6.07) is 0. The number of aromatic amines is 1. The quantitative estimate of drug-likeness (QED) is 0.366. The number of aromatic nitrogens is 4. The number of aliphatic hydroxyl groups is 3. The lowest BCUT2D eigenvalue weighted by Crippen LogP contribution is -2.36. The minimum atomic E-state index is -1.22. The molecule has 1 fully saturated rings. The fourth-order valence-corrected chi connectivity index (χ4v) is 2.07. The van der Waals surface area contributed by atoms with Gasteiger partial charge in [-0.1, -0.05) is 0 Å². The summed E-state index contributed by atoms with van der Waals surface area (Å²) in [6.07, 6.45) is -2.78. The van der Waals surface area contributed by atoms with Gasteiger partial charge in [-0.05, 0) is 0 Å². The summed E-state index contributed by atoms with van der Waals surface area (Å²) in [5, 5.41) is 31.2. The molecule has 0 spiro atoms. The topological polar surface area (TPSA) is 162 Å². The summed E-state index contributed by atoms with van der Waals surface area (Å²) in [4.78, 5) is 14.8. The first-order valence-electron chi connectivity index (χ1n) is 5.95. The van der Waals surface area contributed by atoms with Crippen molar-refractivity contribution in [1.29, 1.82) is 0 Å². The number of ether oxygens (including phenoxy) is 1. The molecule has 0 amide bonds. The molecule has 3 rings (SSSR count). The van der Waals surface area contributed by atoms with Crippen LogP contribution in [0, 0.1) is 0 Å². The van der Waals surface area contributed by atoms with Crippen LogP contribution in [0.3, 0.4) is 0 Å². The van der Waals surface area contributed by atoms with Crippen LogP contribution in [0.2, 0.25) is 0 Å². The van der Waals surface area contributed by atoms with E-state index in [4.69, 9.17) is 15.6 Å². The predicted octanol–water partition coefficient (Wildman–Crippen LogP) is -2.21. The lowest BCUT2D eigenvalue weighted by molar-refractivity contribution is -0.0154. The molecular formula is C10H14N6O4. The van der Waals surface area contributed by atoms with Crippen molar-refractivity contribution in [2.24, 2.45) is 0 Å². The molecule has 3 heterocycles. The molecule has 10 heteroatoms. The zero-order chi connectivity index (χ0) is 14.3. The predicted molar refractivity (Wildman–Crippen MR) is 67.5 cm³/mol. The third-order valence-corrected chi connectivity index (χ3v) is 3.13. The van der Waals surface area contributed by atoms with Crippen LogP contribution in [0.1, 0.15) is 0 Å². The first kappa shape index (κ1) is 13.0. The number of fused-ring (bicyclic) bond motifs is 1. The SMILES string of the molecule is Nc1nc(NC2O[C@H](CO)[C@@H](O)[C@H]2O)nc2nc[nH]c12. The third kappa shape index (κ3) is 2.04. The Kier molecular flexibility index (Phi) is 3.14. The number of nitrogens with two attached hydrogens (primary N) is 1. The highest BCUT2D eigenvalue weighted by molar-refractivity contribution is 5.82. The first-order chi connectivity index (χ1) is 9.60. The molecule has 0 aliphatic carbocycles. The fraction of sp³-hybridized carbons (Fsp3) is 0.500. The number of nitrogen functional groups attached to an aromatic ring is 1. The summed E-state index contributed by atoms with van der Waals surface area (Å²) >= 11 is 0. The molecule has 2 aromatic rings. The van der Waals surface area contributed by atoms with Gasteiger partial charge in [0.05, 0.1) is 12.9 Å². The van der Waals surface area contributed by atoms with E-state index in [0.29, 0.717) is 11.2 Å². The van der Waals surface area contributed by atoms with Gasteiger partial charge in [-0.25, -0.2) is 4.98 Å². The molecule has 1 unspecified atom stereocenters. The second-order valence-electron chi connectivity index (χ2n) is 4.44. The van der Waals surface area contributed by atoms with E-state index in [9.17, 15) is 10.2 Å². The Morgan fingerprint density at radius 1 is 1.35 bits per heavy atom. The van der Waals surface area contributed by atoms with Crippen LogP contribution >= 0.6 is 0 Å². The smallest absolute Gasteiger partial charge is 0.228 e. The lowest BCUT2D eigenvalue weighted by atomic mass is 10.1. The minimum Gasteiger partial charge on any atom is -0.394 e. The average molecular weight is 282 g/mol. The molecule has 0 aromatic carbocycles. The average Bonchev–Trinajstić information content (AvgIpc) is 2.99. The van der Waals surface area contributed by atoms with Crippen LogP contribution in [0.4, 0.5) is 11.8 Å². The van der Waals surface area contributed by atoms with Crippen LogP contribution in [0.25, 0.3) is 11.2 Å². The molecule has 10 nitrogen and oxygen atoms in total. The second-order valence-corrected chi connectivity index (χ2v) is 4.44. The molecule has 108 valence electrons. The van der Waals surface area contributed by atoms with Crippen molar-refractivity contribution in [3.05, 3.63) is 6.33 Å². The van der Waals surface area contributed by atoms with Crippen molar-refractivity contribution in [2.45, 2.75) is 24.5 Å². The molecule has 0 saturated carbocycles. The largest absolute Gasteiger partial charge is 0.394 e. The number of aliphatic hydroxyl groups excluding tert-OH is 3. The maximum absolute atomic E-state index is 9.81. The maximum atomic E-state index is 9.81. The molecule has 20 heavy (non-hydrogen) atoms. The Morgan fingerprint density at radius 3 is 2.85 bits per heavy atom. The fourth-order valence-electron chi connectivity index (χ4n) is 2.07. The van der Waals surface area contributed by atoms with Gasteiger partial charge in [0.15, 0.2) is 17.7 Å². The van der Waals surface area contributed by atoms with E-state index in [1.807, 2.05) is 0 Å². The van der Waals surface area contributed by atoms with Crippen LogP contribution in [-0.4, -0.2) is 66.4 Å². The van der Waals surface area contributed by atoms with E-state index >= 15 is 0 Å². The van der Waals surface area contributed by atoms with Crippen molar-refractivity contribution < 1.29 is 20.1 Å². The van der Waals surface area contributed by atoms with Crippen molar-refractivity contribution >= 4 is 22.9 Å². The molecule has 0 bridgehead atoms. The Labute approximate surface area is 112 Å². The first-order valence-corrected chi connectivity index (χ1v) is 5.95. The summed E-state index contributed by atoms with van der Waals surface area (Å²) in [5.41, 5.74) is 6.61. The summed E-state index contributed by atoms with van der Waals surface area (Å²) in [7, 11) is 0. The molecule has 4 atom stereocenters. The second kappa shape index (κ2) is 4.83. The van der Waals surface area contributed by atoms with Crippen molar-refractivity contribution in [2.75, 3.05) is 17.7 Å². The lowest BCUT2D eigenvalue weighted by Gasteiger charge is -2.16. The number of rotatable bonds is 3. The van der Waals surface area contributed by atoms with Gasteiger partial charge in [0, 0.05) is 0 Å². The standard InChI is InChI=1S/C10H14N6O4/c11-7-4-8(13-2-12-4)15-10(14-7)16-9-6(19)5(18)3(1-17)20-9/h2-3,5-6,9,17-19H,1H2,(H4,11,12,13,14,15,16)/t3-,5-,6-,9?/m1/s1. The van der Waals surface area contributed by atoms with Crippen LogP contribution in [-0.2, 0) is 4.74 Å². The molecule has 0 radical (unpaired) electrons. The van der Waals surface area contributed by atoms with Gasteiger partial charge in [-0.2, -0.15) is 9.97 Å². The van der Waals surface area contributed by atoms with Gasteiger partial charge < -0.3 is 36.1 Å². The number of nitrogens with zero attached hydrogens (tertiary/aromatic N) is 3. The van der Waals surface area contributed by atoms with E-state index in [-0.39, 0.29) is 11.8 Å². The van der Waals surface area contributed by atoms with E-state index in [1.54, 1.807) is 0 Å². The zero-order valence-electron chi connectivity index (χ0n) is 10.3. The molecule has 1 saturated heterocycles. The van der Waals surface area contributed by atoms with Crippen LogP contribution in [0.5, 0.6) is 0 Å². The Morgan fingerprint density at radius 2 is 2.15 bits per heavy atom. The van der Waals surface area contributed by atoms with Crippen molar-refractivity contribution in [3.8, 4) is 0 Å². The highest BCUT2D eigenvalue weighted by Gasteiger charge is 2.42. The minimum absolute atomic E-state index is 0.108. The summed E-state index contributed by atoms with van der Waals surface area (Å²) < 4.78 is 5.26. The van der Waals surface area contributed by atoms with Gasteiger partial charge in [0.2, 0.25) is 5.95 Å². The molecular weight excluding hydrogens is 268 g/mol. The van der Waals surface area contributed by atoms with Crippen molar-refractivity contribution in [3.63, 3.8) is 0 Å². The van der Waals surface area contributed by atoms with E-state index < -0.39 is 31.1 Å². The maximum Gasteiger partial charge on any atom is 0.228 e. The Bertz CT molecular complexity index is 619. The molecule has 2 aromatic heterocycles. The Hall–Kier alpha value is -2.01. The summed E-state index contributed by atoms with van der Waals surface area (Å²) in [5.74, 6) is 0.304. The molecule has 1 aliphatic rings. The molecule has 7 N–H and O–H groups in total. The van der Waals surface area contributed by atoms with E-state index in [0.717, 1.165) is 0 Å². The number of anilines is 2. The van der Waals surface area contributed by atoms with Gasteiger partial charge in [-0.15, -0.1) is 0 Å². The number of hydrogen-bond donors (Lipinski definition) is 6. The third-order valence-electron chi connectivity index (χ3n) is 3.13. The monoisotopic (exact) mass is 282 g/mol. The zero-order valence-corrected chi connectivity index (χ0v) is 10.3. The van der Waals surface area contributed by atoms with E-state index in [1.165, 1.54) is 6.33 Å². The van der Waals surface area contributed by atoms with Gasteiger partial charge in [-0.3, -0.25) is 0 Å². The Balaban J connectivity index is 1.83. The number of imidazole rings is 1. The number of nitrogens with one attached hydrogen (secondary N) is 2. The highest BCUT2D eigenvalue weighted by atomic mass is 16.6.